The standard InChI is InChI=1S/C15H11F3O3/c1-21-13-7-10(5-11(8-13)14(19)20)9-3-2-4-12(6-9)15(16,17)18/h2-8H,1H3,(H,19,20). The lowest BCUT2D eigenvalue weighted by Gasteiger charge is -2.10. The van der Waals surface area contributed by atoms with Crippen molar-refractivity contribution in [3.05, 3.63) is 53.6 Å². The third-order valence-corrected chi connectivity index (χ3v) is 2.91. The second-order valence-corrected chi connectivity index (χ2v) is 4.33. The Bertz CT molecular complexity index is 678. The maximum atomic E-state index is 12.7. The van der Waals surface area contributed by atoms with E-state index in [-0.39, 0.29) is 16.9 Å². The first-order valence-corrected chi connectivity index (χ1v) is 5.91. The number of hydrogen-bond acceptors (Lipinski definition) is 2. The number of aromatic carboxylic acids is 1. The van der Waals surface area contributed by atoms with Crippen molar-refractivity contribution in [2.45, 2.75) is 6.18 Å². The number of benzene rings is 2. The molecular formula is C15H11F3O3. The van der Waals surface area contributed by atoms with E-state index in [9.17, 15) is 18.0 Å². The number of methoxy groups -OCH3 is 1. The van der Waals surface area contributed by atoms with Crippen molar-refractivity contribution in [2.75, 3.05) is 7.11 Å². The van der Waals surface area contributed by atoms with Gasteiger partial charge in [-0.25, -0.2) is 4.79 Å². The van der Waals surface area contributed by atoms with Crippen molar-refractivity contribution in [3.8, 4) is 16.9 Å². The zero-order valence-corrected chi connectivity index (χ0v) is 10.9. The fraction of sp³-hybridized carbons (Fsp3) is 0.133. The molecule has 0 aliphatic carbocycles. The lowest BCUT2D eigenvalue weighted by molar-refractivity contribution is -0.137. The topological polar surface area (TPSA) is 46.5 Å². The van der Waals surface area contributed by atoms with E-state index in [1.54, 1.807) is 0 Å². The molecule has 0 amide bonds. The number of hydrogen-bond donors (Lipinski definition) is 1. The Labute approximate surface area is 118 Å². The second kappa shape index (κ2) is 5.47. The Balaban J connectivity index is 2.56. The van der Waals surface area contributed by atoms with E-state index in [0.29, 0.717) is 5.56 Å². The summed E-state index contributed by atoms with van der Waals surface area (Å²) in [7, 11) is 1.36. The number of ether oxygens (including phenoxy) is 1. The van der Waals surface area contributed by atoms with Gasteiger partial charge < -0.3 is 9.84 Å². The summed E-state index contributed by atoms with van der Waals surface area (Å²) in [5.74, 6) is -0.913. The summed E-state index contributed by atoms with van der Waals surface area (Å²) in [6.07, 6.45) is -4.45. The van der Waals surface area contributed by atoms with Gasteiger partial charge in [-0.15, -0.1) is 0 Å². The van der Waals surface area contributed by atoms with E-state index in [1.165, 1.54) is 37.4 Å². The van der Waals surface area contributed by atoms with Gasteiger partial charge in [-0.1, -0.05) is 12.1 Å². The molecule has 0 aliphatic rings. The van der Waals surface area contributed by atoms with Gasteiger partial charge in [-0.05, 0) is 41.5 Å². The van der Waals surface area contributed by atoms with E-state index >= 15 is 0 Å². The van der Waals surface area contributed by atoms with E-state index in [1.807, 2.05) is 0 Å². The predicted molar refractivity (Wildman–Crippen MR) is 70.4 cm³/mol. The summed E-state index contributed by atoms with van der Waals surface area (Å²) in [6.45, 7) is 0. The highest BCUT2D eigenvalue weighted by atomic mass is 19.4. The molecule has 21 heavy (non-hydrogen) atoms. The third kappa shape index (κ3) is 3.34. The Hall–Kier alpha value is -2.50. The maximum Gasteiger partial charge on any atom is 0.416 e. The molecule has 6 heteroatoms. The molecule has 0 fully saturated rings. The molecule has 0 saturated heterocycles. The molecule has 0 saturated carbocycles. The number of carbonyl (C=O) groups is 1. The molecule has 0 bridgehead atoms. The van der Waals surface area contributed by atoms with Gasteiger partial charge in [0.05, 0.1) is 18.2 Å². The Morgan fingerprint density at radius 1 is 1.10 bits per heavy atom. The normalized spacial score (nSPS) is 11.2. The zero-order chi connectivity index (χ0) is 15.6. The van der Waals surface area contributed by atoms with Gasteiger partial charge in [0, 0.05) is 0 Å². The number of halogens is 3. The predicted octanol–water partition coefficient (Wildman–Crippen LogP) is 4.08. The Morgan fingerprint density at radius 3 is 2.38 bits per heavy atom. The van der Waals surface area contributed by atoms with Gasteiger partial charge in [0.25, 0.3) is 0 Å². The molecule has 3 nitrogen and oxygen atoms in total. The average Bonchev–Trinajstić information content (AvgIpc) is 2.46. The number of carboxylic acids is 1. The zero-order valence-electron chi connectivity index (χ0n) is 10.9. The molecular weight excluding hydrogens is 285 g/mol. The van der Waals surface area contributed by atoms with Crippen molar-refractivity contribution in [1.29, 1.82) is 0 Å². The fourth-order valence-corrected chi connectivity index (χ4v) is 1.88. The van der Waals surface area contributed by atoms with Crippen LogP contribution in [0.3, 0.4) is 0 Å². The minimum absolute atomic E-state index is 0.0539. The number of alkyl halides is 3. The van der Waals surface area contributed by atoms with Crippen LogP contribution >= 0.6 is 0 Å². The van der Waals surface area contributed by atoms with Crippen LogP contribution < -0.4 is 4.74 Å². The van der Waals surface area contributed by atoms with Crippen LogP contribution in [0.2, 0.25) is 0 Å². The largest absolute Gasteiger partial charge is 0.497 e. The van der Waals surface area contributed by atoms with Gasteiger partial charge in [-0.2, -0.15) is 13.2 Å². The molecule has 0 aliphatic heterocycles. The lowest BCUT2D eigenvalue weighted by Crippen LogP contribution is -2.04. The minimum Gasteiger partial charge on any atom is -0.497 e. The van der Waals surface area contributed by atoms with Crippen LogP contribution in [0, 0.1) is 0 Å². The van der Waals surface area contributed by atoms with Crippen molar-refractivity contribution < 1.29 is 27.8 Å². The maximum absolute atomic E-state index is 12.7. The first-order valence-electron chi connectivity index (χ1n) is 5.91. The summed E-state index contributed by atoms with van der Waals surface area (Å²) in [5.41, 5.74) is -0.231. The first-order chi connectivity index (χ1) is 9.81. The summed E-state index contributed by atoms with van der Waals surface area (Å²) in [6, 6.07) is 8.79. The van der Waals surface area contributed by atoms with Crippen LogP contribution in [0.5, 0.6) is 5.75 Å². The minimum atomic E-state index is -4.45. The second-order valence-electron chi connectivity index (χ2n) is 4.33. The lowest BCUT2D eigenvalue weighted by atomic mass is 10.0. The van der Waals surface area contributed by atoms with E-state index in [2.05, 4.69) is 0 Å². The first kappa shape index (κ1) is 14.9. The van der Waals surface area contributed by atoms with Crippen molar-refractivity contribution >= 4 is 5.97 Å². The highest BCUT2D eigenvalue weighted by molar-refractivity contribution is 5.90. The molecule has 0 aromatic heterocycles. The van der Waals surface area contributed by atoms with Gasteiger partial charge in [0.15, 0.2) is 0 Å². The van der Waals surface area contributed by atoms with Crippen LogP contribution in [0.1, 0.15) is 15.9 Å². The van der Waals surface area contributed by atoms with E-state index in [4.69, 9.17) is 9.84 Å². The van der Waals surface area contributed by atoms with Crippen LogP contribution in [-0.2, 0) is 6.18 Å². The smallest absolute Gasteiger partial charge is 0.416 e. The SMILES string of the molecule is COc1cc(C(=O)O)cc(-c2cccc(C(F)(F)F)c2)c1. The summed E-state index contributed by atoms with van der Waals surface area (Å²) in [5, 5.41) is 9.02. The molecule has 0 radical (unpaired) electrons. The molecule has 1 N–H and O–H groups in total. The van der Waals surface area contributed by atoms with Crippen LogP contribution in [0.4, 0.5) is 13.2 Å². The average molecular weight is 296 g/mol. The van der Waals surface area contributed by atoms with Crippen LogP contribution in [-0.4, -0.2) is 18.2 Å². The summed E-state index contributed by atoms with van der Waals surface area (Å²) < 4.78 is 43.1. The van der Waals surface area contributed by atoms with Gasteiger partial charge in [0.2, 0.25) is 0 Å². The molecule has 0 unspecified atom stereocenters. The highest BCUT2D eigenvalue weighted by Gasteiger charge is 2.30. The molecule has 0 spiro atoms. The van der Waals surface area contributed by atoms with Crippen molar-refractivity contribution in [2.24, 2.45) is 0 Å². The fourth-order valence-electron chi connectivity index (χ4n) is 1.88. The quantitative estimate of drug-likeness (QED) is 0.928. The van der Waals surface area contributed by atoms with Crippen molar-refractivity contribution in [3.63, 3.8) is 0 Å². The number of rotatable bonds is 3. The Morgan fingerprint density at radius 2 is 1.81 bits per heavy atom. The molecule has 2 aromatic carbocycles. The molecule has 0 heterocycles. The molecule has 2 aromatic rings. The molecule has 0 atom stereocenters. The van der Waals surface area contributed by atoms with Gasteiger partial charge >= 0.3 is 12.1 Å². The summed E-state index contributed by atoms with van der Waals surface area (Å²) >= 11 is 0. The van der Waals surface area contributed by atoms with Crippen LogP contribution in [0.15, 0.2) is 42.5 Å². The van der Waals surface area contributed by atoms with Crippen LogP contribution in [0.25, 0.3) is 11.1 Å². The van der Waals surface area contributed by atoms with Gasteiger partial charge in [-0.3, -0.25) is 0 Å². The third-order valence-electron chi connectivity index (χ3n) is 2.91. The van der Waals surface area contributed by atoms with E-state index in [0.717, 1.165) is 12.1 Å². The van der Waals surface area contributed by atoms with Crippen molar-refractivity contribution in [1.82, 2.24) is 0 Å². The monoisotopic (exact) mass is 296 g/mol. The summed E-state index contributed by atoms with van der Waals surface area (Å²) in [4.78, 5) is 11.0. The van der Waals surface area contributed by atoms with E-state index < -0.39 is 17.7 Å². The Kier molecular flexibility index (Phi) is 3.88. The highest BCUT2D eigenvalue weighted by Crippen LogP contribution is 2.33. The molecule has 2 rings (SSSR count). The number of carboxylic acid groups (broad SMARTS) is 1. The molecule has 110 valence electrons. The van der Waals surface area contributed by atoms with Gasteiger partial charge in [0.1, 0.15) is 5.75 Å².